The van der Waals surface area contributed by atoms with Gasteiger partial charge in [0.05, 0.1) is 21.3 Å². The van der Waals surface area contributed by atoms with Gasteiger partial charge < -0.3 is 24.8 Å². The fourth-order valence-corrected chi connectivity index (χ4v) is 1.80. The van der Waals surface area contributed by atoms with Crippen LogP contribution in [0.5, 0.6) is 17.2 Å². The lowest BCUT2D eigenvalue weighted by Crippen LogP contribution is -2.29. The third-order valence-corrected chi connectivity index (χ3v) is 2.73. The third kappa shape index (κ3) is 4.62. The van der Waals surface area contributed by atoms with Crippen LogP contribution in [0.1, 0.15) is 12.5 Å². The van der Waals surface area contributed by atoms with Crippen molar-refractivity contribution in [2.45, 2.75) is 13.5 Å². The molecule has 0 atom stereocenters. The van der Waals surface area contributed by atoms with E-state index in [1.54, 1.807) is 21.3 Å². The number of carbonyl (C=O) groups excluding carboxylic acids is 1. The van der Waals surface area contributed by atoms with Crippen molar-refractivity contribution in [3.8, 4) is 17.2 Å². The van der Waals surface area contributed by atoms with Crippen LogP contribution in [0, 0.1) is 0 Å². The van der Waals surface area contributed by atoms with Gasteiger partial charge in [-0.15, -0.1) is 0 Å². The summed E-state index contributed by atoms with van der Waals surface area (Å²) in [6.07, 6.45) is 0. The van der Waals surface area contributed by atoms with Crippen molar-refractivity contribution in [2.24, 2.45) is 0 Å². The standard InChI is InChI=1S/C14H22N2O4/c1-10(17)16-6-5-15-9-11-7-12(18-2)14(20-4)13(8-11)19-3/h7-8,15H,5-6,9H2,1-4H3,(H,16,17). The lowest BCUT2D eigenvalue weighted by Gasteiger charge is -2.14. The van der Waals surface area contributed by atoms with E-state index in [4.69, 9.17) is 14.2 Å². The summed E-state index contributed by atoms with van der Waals surface area (Å²) in [6, 6.07) is 3.79. The van der Waals surface area contributed by atoms with Crippen LogP contribution in [0.4, 0.5) is 0 Å². The average molecular weight is 282 g/mol. The second-order valence-electron chi connectivity index (χ2n) is 4.19. The van der Waals surface area contributed by atoms with Gasteiger partial charge in [-0.2, -0.15) is 0 Å². The Balaban J connectivity index is 2.64. The zero-order chi connectivity index (χ0) is 15.0. The summed E-state index contributed by atoms with van der Waals surface area (Å²) in [5, 5.41) is 5.95. The number of methoxy groups -OCH3 is 3. The second kappa shape index (κ2) is 8.27. The molecule has 0 aliphatic carbocycles. The Morgan fingerprint density at radius 1 is 1.05 bits per heavy atom. The first-order chi connectivity index (χ1) is 9.62. The highest BCUT2D eigenvalue weighted by molar-refractivity contribution is 5.72. The third-order valence-electron chi connectivity index (χ3n) is 2.73. The van der Waals surface area contributed by atoms with Crippen LogP contribution in [0.3, 0.4) is 0 Å². The van der Waals surface area contributed by atoms with Gasteiger partial charge in [-0.3, -0.25) is 4.79 Å². The maximum Gasteiger partial charge on any atom is 0.216 e. The summed E-state index contributed by atoms with van der Waals surface area (Å²) in [5.74, 6) is 1.81. The first-order valence-electron chi connectivity index (χ1n) is 6.36. The van der Waals surface area contributed by atoms with E-state index in [0.717, 1.165) is 5.56 Å². The van der Waals surface area contributed by atoms with Gasteiger partial charge in [0.2, 0.25) is 11.7 Å². The molecule has 0 fully saturated rings. The molecule has 0 aromatic heterocycles. The van der Waals surface area contributed by atoms with Gasteiger partial charge in [0.1, 0.15) is 0 Å². The predicted molar refractivity (Wildman–Crippen MR) is 76.5 cm³/mol. The first kappa shape index (κ1) is 16.1. The maximum absolute atomic E-state index is 10.7. The van der Waals surface area contributed by atoms with Crippen LogP contribution in [0.25, 0.3) is 0 Å². The lowest BCUT2D eigenvalue weighted by atomic mass is 10.2. The van der Waals surface area contributed by atoms with Crippen LogP contribution in [0.15, 0.2) is 12.1 Å². The van der Waals surface area contributed by atoms with Crippen molar-refractivity contribution in [2.75, 3.05) is 34.4 Å². The zero-order valence-electron chi connectivity index (χ0n) is 12.4. The number of nitrogens with one attached hydrogen (secondary N) is 2. The normalized spacial score (nSPS) is 10.0. The molecular formula is C14H22N2O4. The quantitative estimate of drug-likeness (QED) is 0.694. The summed E-state index contributed by atoms with van der Waals surface area (Å²) >= 11 is 0. The van der Waals surface area contributed by atoms with E-state index in [9.17, 15) is 4.79 Å². The van der Waals surface area contributed by atoms with Crippen molar-refractivity contribution in [1.82, 2.24) is 10.6 Å². The monoisotopic (exact) mass is 282 g/mol. The second-order valence-corrected chi connectivity index (χ2v) is 4.19. The molecule has 0 aliphatic heterocycles. The molecule has 1 aromatic rings. The van der Waals surface area contributed by atoms with Gasteiger partial charge in [0.15, 0.2) is 11.5 Å². The summed E-state index contributed by atoms with van der Waals surface area (Å²) in [7, 11) is 4.75. The number of amides is 1. The summed E-state index contributed by atoms with van der Waals surface area (Å²) in [6.45, 7) is 3.44. The Morgan fingerprint density at radius 3 is 2.10 bits per heavy atom. The van der Waals surface area contributed by atoms with Gasteiger partial charge in [-0.05, 0) is 17.7 Å². The molecule has 0 radical (unpaired) electrons. The van der Waals surface area contributed by atoms with E-state index in [0.29, 0.717) is 36.9 Å². The number of ether oxygens (including phenoxy) is 3. The number of carbonyl (C=O) groups is 1. The van der Waals surface area contributed by atoms with Gasteiger partial charge in [0, 0.05) is 26.6 Å². The molecule has 0 spiro atoms. The highest BCUT2D eigenvalue weighted by Crippen LogP contribution is 2.38. The zero-order valence-corrected chi connectivity index (χ0v) is 12.4. The summed E-state index contributed by atoms with van der Waals surface area (Å²) in [5.41, 5.74) is 1.02. The van der Waals surface area contributed by atoms with Crippen molar-refractivity contribution < 1.29 is 19.0 Å². The Bertz CT molecular complexity index is 424. The molecule has 6 nitrogen and oxygen atoms in total. The smallest absolute Gasteiger partial charge is 0.216 e. The van der Waals surface area contributed by atoms with Crippen molar-refractivity contribution in [3.63, 3.8) is 0 Å². The fourth-order valence-electron chi connectivity index (χ4n) is 1.80. The molecule has 0 bridgehead atoms. The number of hydrogen-bond acceptors (Lipinski definition) is 5. The molecule has 0 aliphatic rings. The molecule has 1 rings (SSSR count). The van der Waals surface area contributed by atoms with E-state index in [2.05, 4.69) is 10.6 Å². The van der Waals surface area contributed by atoms with E-state index >= 15 is 0 Å². The van der Waals surface area contributed by atoms with Crippen molar-refractivity contribution in [3.05, 3.63) is 17.7 Å². The molecule has 0 heterocycles. The van der Waals surface area contributed by atoms with Crippen LogP contribution < -0.4 is 24.8 Å². The Labute approximate surface area is 119 Å². The summed E-state index contributed by atoms with van der Waals surface area (Å²) in [4.78, 5) is 10.7. The molecule has 112 valence electrons. The topological polar surface area (TPSA) is 68.8 Å². The lowest BCUT2D eigenvalue weighted by molar-refractivity contribution is -0.118. The minimum Gasteiger partial charge on any atom is -0.493 e. The van der Waals surface area contributed by atoms with E-state index in [1.165, 1.54) is 6.92 Å². The summed E-state index contributed by atoms with van der Waals surface area (Å²) < 4.78 is 15.8. The molecule has 0 saturated heterocycles. The van der Waals surface area contributed by atoms with E-state index in [1.807, 2.05) is 12.1 Å². The highest BCUT2D eigenvalue weighted by Gasteiger charge is 2.12. The SMILES string of the molecule is COc1cc(CNCCNC(C)=O)cc(OC)c1OC. The van der Waals surface area contributed by atoms with Crippen LogP contribution in [-0.2, 0) is 11.3 Å². The minimum absolute atomic E-state index is 0.0282. The molecule has 20 heavy (non-hydrogen) atoms. The van der Waals surface area contributed by atoms with Gasteiger partial charge in [-0.25, -0.2) is 0 Å². The highest BCUT2D eigenvalue weighted by atomic mass is 16.5. The predicted octanol–water partition coefficient (Wildman–Crippen LogP) is 0.938. The molecule has 2 N–H and O–H groups in total. The fraction of sp³-hybridized carbons (Fsp3) is 0.500. The maximum atomic E-state index is 10.7. The van der Waals surface area contributed by atoms with Gasteiger partial charge in [0.25, 0.3) is 0 Å². The molecule has 1 aromatic carbocycles. The van der Waals surface area contributed by atoms with Crippen LogP contribution >= 0.6 is 0 Å². The Morgan fingerprint density at radius 2 is 1.65 bits per heavy atom. The average Bonchev–Trinajstić information content (AvgIpc) is 2.45. The van der Waals surface area contributed by atoms with Crippen molar-refractivity contribution >= 4 is 5.91 Å². The van der Waals surface area contributed by atoms with E-state index in [-0.39, 0.29) is 5.91 Å². The molecule has 0 saturated carbocycles. The molecule has 0 unspecified atom stereocenters. The number of hydrogen-bond donors (Lipinski definition) is 2. The number of benzene rings is 1. The first-order valence-corrected chi connectivity index (χ1v) is 6.36. The minimum atomic E-state index is -0.0282. The Hall–Kier alpha value is -1.95. The van der Waals surface area contributed by atoms with Gasteiger partial charge >= 0.3 is 0 Å². The number of rotatable bonds is 8. The van der Waals surface area contributed by atoms with Crippen LogP contribution in [0.2, 0.25) is 0 Å². The van der Waals surface area contributed by atoms with Crippen molar-refractivity contribution in [1.29, 1.82) is 0 Å². The van der Waals surface area contributed by atoms with Gasteiger partial charge in [-0.1, -0.05) is 0 Å². The largest absolute Gasteiger partial charge is 0.493 e. The van der Waals surface area contributed by atoms with E-state index < -0.39 is 0 Å². The molecule has 6 heteroatoms. The molecular weight excluding hydrogens is 260 g/mol. The molecule has 1 amide bonds. The Kier molecular flexibility index (Phi) is 6.66. The van der Waals surface area contributed by atoms with Crippen LogP contribution in [-0.4, -0.2) is 40.3 Å².